The van der Waals surface area contributed by atoms with Crippen molar-refractivity contribution in [2.24, 2.45) is 10.3 Å². The van der Waals surface area contributed by atoms with E-state index in [-0.39, 0.29) is 18.6 Å². The molecule has 0 radical (unpaired) electrons. The van der Waals surface area contributed by atoms with Gasteiger partial charge in [0.05, 0.1) is 11.8 Å². The SMILES string of the molecule is Cc1ccccc1NC(=O)/C=N/OCC(=O)N1N=C(c2ccc3ccccc3c2)CC1c1ccccc1. The first-order chi connectivity index (χ1) is 18.1. The first-order valence-electron chi connectivity index (χ1n) is 12.0. The van der Waals surface area contributed by atoms with Crippen molar-refractivity contribution in [3.05, 3.63) is 114 Å². The van der Waals surface area contributed by atoms with Gasteiger partial charge < -0.3 is 10.2 Å². The molecule has 1 N–H and O–H groups in total. The number of fused-ring (bicyclic) bond motifs is 1. The average molecular weight is 491 g/mol. The second-order valence-electron chi connectivity index (χ2n) is 8.79. The van der Waals surface area contributed by atoms with Crippen LogP contribution in [0, 0.1) is 6.92 Å². The van der Waals surface area contributed by atoms with Crippen LogP contribution in [0.3, 0.4) is 0 Å². The fourth-order valence-electron chi connectivity index (χ4n) is 4.34. The third kappa shape index (κ3) is 5.56. The molecule has 1 atom stereocenters. The molecule has 0 saturated carbocycles. The highest BCUT2D eigenvalue weighted by atomic mass is 16.6. The van der Waals surface area contributed by atoms with Gasteiger partial charge in [0.1, 0.15) is 6.21 Å². The first kappa shape index (κ1) is 23.9. The molecular formula is C30H26N4O3. The molecule has 7 heteroatoms. The lowest BCUT2D eigenvalue weighted by molar-refractivity contribution is -0.138. The molecule has 0 aromatic heterocycles. The summed E-state index contributed by atoms with van der Waals surface area (Å²) in [5, 5.41) is 14.8. The summed E-state index contributed by atoms with van der Waals surface area (Å²) in [7, 11) is 0. The monoisotopic (exact) mass is 490 g/mol. The number of carbonyl (C=O) groups excluding carboxylic acids is 2. The van der Waals surface area contributed by atoms with Gasteiger partial charge in [-0.1, -0.05) is 90.1 Å². The van der Waals surface area contributed by atoms with Crippen LogP contribution in [0.5, 0.6) is 0 Å². The minimum atomic E-state index is -0.443. The van der Waals surface area contributed by atoms with E-state index >= 15 is 0 Å². The van der Waals surface area contributed by atoms with Crippen LogP contribution < -0.4 is 5.32 Å². The predicted molar refractivity (Wildman–Crippen MR) is 145 cm³/mol. The highest BCUT2D eigenvalue weighted by molar-refractivity contribution is 6.31. The lowest BCUT2D eigenvalue weighted by Gasteiger charge is -2.21. The van der Waals surface area contributed by atoms with Crippen molar-refractivity contribution in [3.8, 4) is 0 Å². The van der Waals surface area contributed by atoms with Gasteiger partial charge in [-0.3, -0.25) is 9.59 Å². The number of amides is 2. The van der Waals surface area contributed by atoms with E-state index in [1.54, 1.807) is 6.07 Å². The minimum absolute atomic E-state index is 0.257. The Morgan fingerprint density at radius 1 is 0.973 bits per heavy atom. The number of anilines is 1. The zero-order chi connectivity index (χ0) is 25.6. The van der Waals surface area contributed by atoms with Gasteiger partial charge in [0.2, 0.25) is 0 Å². The van der Waals surface area contributed by atoms with Crippen molar-refractivity contribution in [1.82, 2.24) is 5.01 Å². The topological polar surface area (TPSA) is 83.4 Å². The number of aryl methyl sites for hydroxylation is 1. The maximum atomic E-state index is 13.1. The molecular weight excluding hydrogens is 464 g/mol. The molecule has 4 aromatic carbocycles. The largest absolute Gasteiger partial charge is 0.385 e. The van der Waals surface area contributed by atoms with Crippen molar-refractivity contribution in [2.45, 2.75) is 19.4 Å². The number of nitrogens with zero attached hydrogens (tertiary/aromatic N) is 3. The number of carbonyl (C=O) groups is 2. The number of hydrogen-bond acceptors (Lipinski definition) is 5. The van der Waals surface area contributed by atoms with E-state index in [0.29, 0.717) is 12.1 Å². The van der Waals surface area contributed by atoms with Crippen molar-refractivity contribution < 1.29 is 14.4 Å². The van der Waals surface area contributed by atoms with Crippen LogP contribution in [-0.2, 0) is 14.4 Å². The van der Waals surface area contributed by atoms with Crippen LogP contribution in [0.4, 0.5) is 5.69 Å². The van der Waals surface area contributed by atoms with Crippen LogP contribution in [0.25, 0.3) is 10.8 Å². The number of benzene rings is 4. The number of hydrazone groups is 1. The third-order valence-electron chi connectivity index (χ3n) is 6.27. The van der Waals surface area contributed by atoms with E-state index in [2.05, 4.69) is 34.7 Å². The maximum Gasteiger partial charge on any atom is 0.283 e. The quantitative estimate of drug-likeness (QED) is 0.276. The summed E-state index contributed by atoms with van der Waals surface area (Å²) in [4.78, 5) is 30.4. The van der Waals surface area contributed by atoms with E-state index in [4.69, 9.17) is 9.94 Å². The van der Waals surface area contributed by atoms with Crippen molar-refractivity contribution in [1.29, 1.82) is 0 Å². The number of rotatable bonds is 7. The highest BCUT2D eigenvalue weighted by Crippen LogP contribution is 2.33. The van der Waals surface area contributed by atoms with Crippen LogP contribution in [0.1, 0.15) is 29.2 Å². The summed E-state index contributed by atoms with van der Waals surface area (Å²) < 4.78 is 0. The molecule has 0 bridgehead atoms. The molecule has 5 rings (SSSR count). The molecule has 1 unspecified atom stereocenters. The molecule has 7 nitrogen and oxygen atoms in total. The molecule has 37 heavy (non-hydrogen) atoms. The van der Waals surface area contributed by atoms with Gasteiger partial charge in [0, 0.05) is 12.1 Å². The molecule has 0 spiro atoms. The Morgan fingerprint density at radius 2 is 1.70 bits per heavy atom. The Labute approximate surface area is 215 Å². The fourth-order valence-corrected chi connectivity index (χ4v) is 4.34. The normalized spacial score (nSPS) is 15.1. The molecule has 1 aliphatic heterocycles. The molecule has 184 valence electrons. The maximum absolute atomic E-state index is 13.1. The number of oxime groups is 1. The van der Waals surface area contributed by atoms with Gasteiger partial charge >= 0.3 is 0 Å². The van der Waals surface area contributed by atoms with Gasteiger partial charge in [0.15, 0.2) is 6.61 Å². The zero-order valence-electron chi connectivity index (χ0n) is 20.4. The smallest absolute Gasteiger partial charge is 0.283 e. The average Bonchev–Trinajstić information content (AvgIpc) is 3.38. The van der Waals surface area contributed by atoms with Gasteiger partial charge in [-0.25, -0.2) is 5.01 Å². The summed E-state index contributed by atoms with van der Waals surface area (Å²) >= 11 is 0. The van der Waals surface area contributed by atoms with E-state index in [1.807, 2.05) is 73.7 Å². The van der Waals surface area contributed by atoms with E-state index in [0.717, 1.165) is 39.4 Å². The minimum Gasteiger partial charge on any atom is -0.385 e. The van der Waals surface area contributed by atoms with Gasteiger partial charge in [-0.05, 0) is 46.5 Å². The molecule has 0 fully saturated rings. The Morgan fingerprint density at radius 3 is 2.51 bits per heavy atom. The second kappa shape index (κ2) is 10.9. The lowest BCUT2D eigenvalue weighted by atomic mass is 9.97. The first-order valence-corrected chi connectivity index (χ1v) is 12.0. The Hall–Kier alpha value is -4.78. The van der Waals surface area contributed by atoms with Crippen LogP contribution >= 0.6 is 0 Å². The Bertz CT molecular complexity index is 1500. The number of para-hydroxylation sites is 1. The summed E-state index contributed by atoms with van der Waals surface area (Å²) in [6, 6.07) is 31.3. The Balaban J connectivity index is 1.29. The van der Waals surface area contributed by atoms with Crippen molar-refractivity contribution in [3.63, 3.8) is 0 Å². The van der Waals surface area contributed by atoms with Gasteiger partial charge in [-0.15, -0.1) is 0 Å². The van der Waals surface area contributed by atoms with Crippen LogP contribution in [-0.4, -0.2) is 35.4 Å². The van der Waals surface area contributed by atoms with Crippen molar-refractivity contribution in [2.75, 3.05) is 11.9 Å². The molecule has 0 saturated heterocycles. The van der Waals surface area contributed by atoms with E-state index in [9.17, 15) is 9.59 Å². The number of nitrogens with one attached hydrogen (secondary N) is 1. The zero-order valence-corrected chi connectivity index (χ0v) is 20.4. The van der Waals surface area contributed by atoms with Crippen LogP contribution in [0.15, 0.2) is 107 Å². The summed E-state index contributed by atoms with van der Waals surface area (Å²) in [6.45, 7) is 1.56. The van der Waals surface area contributed by atoms with Gasteiger partial charge in [0.25, 0.3) is 11.8 Å². The number of hydrogen-bond donors (Lipinski definition) is 1. The lowest BCUT2D eigenvalue weighted by Crippen LogP contribution is -2.30. The van der Waals surface area contributed by atoms with E-state index < -0.39 is 5.91 Å². The third-order valence-corrected chi connectivity index (χ3v) is 6.27. The van der Waals surface area contributed by atoms with E-state index in [1.165, 1.54) is 5.01 Å². The predicted octanol–water partition coefficient (Wildman–Crippen LogP) is 5.47. The summed E-state index contributed by atoms with van der Waals surface area (Å²) in [6.07, 6.45) is 1.60. The highest BCUT2D eigenvalue weighted by Gasteiger charge is 2.33. The fraction of sp³-hybridized carbons (Fsp3) is 0.133. The standard InChI is InChI=1S/C30H26N4O3/c1-21-9-5-8-14-26(21)32-29(35)19-31-37-20-30(36)34-28(23-11-3-2-4-12-23)18-27(33-34)25-16-15-22-10-6-7-13-24(22)17-25/h2-17,19,28H,18,20H2,1H3,(H,32,35)/b31-19+. The summed E-state index contributed by atoms with van der Waals surface area (Å²) in [5.41, 5.74) is 4.40. The van der Waals surface area contributed by atoms with Gasteiger partial charge in [-0.2, -0.15) is 5.10 Å². The molecule has 0 aliphatic carbocycles. The summed E-state index contributed by atoms with van der Waals surface area (Å²) in [5.74, 6) is -0.789. The molecule has 2 amide bonds. The second-order valence-corrected chi connectivity index (χ2v) is 8.79. The molecule has 1 aliphatic rings. The Kier molecular flexibility index (Phi) is 7.03. The molecule has 4 aromatic rings. The van der Waals surface area contributed by atoms with Crippen molar-refractivity contribution >= 4 is 40.2 Å². The molecule has 1 heterocycles. The van der Waals surface area contributed by atoms with Crippen LogP contribution in [0.2, 0.25) is 0 Å².